The van der Waals surface area contributed by atoms with Gasteiger partial charge in [-0.15, -0.1) is 0 Å². The molecule has 86 valence electrons. The van der Waals surface area contributed by atoms with Crippen molar-refractivity contribution in [2.45, 2.75) is 25.7 Å². The molecule has 1 fully saturated rings. The van der Waals surface area contributed by atoms with Gasteiger partial charge in [-0.05, 0) is 12.3 Å². The van der Waals surface area contributed by atoms with Crippen molar-refractivity contribution in [2.24, 2.45) is 5.92 Å². The second-order valence-electron chi connectivity index (χ2n) is 4.17. The maximum absolute atomic E-state index is 11.6. The standard InChI is InChI=1S/C11H16N4O/c12-10-7-14-9(6-15-10)11(16)13-5-4-8-2-1-3-8/h6-8H,1-5H2,(H2,12,15)(H,13,16). The van der Waals surface area contributed by atoms with Crippen LogP contribution in [0.4, 0.5) is 5.82 Å². The molecular weight excluding hydrogens is 204 g/mol. The summed E-state index contributed by atoms with van der Waals surface area (Å²) < 4.78 is 0. The molecule has 0 atom stereocenters. The molecule has 0 saturated heterocycles. The normalized spacial score (nSPS) is 15.5. The zero-order valence-corrected chi connectivity index (χ0v) is 9.15. The van der Waals surface area contributed by atoms with Gasteiger partial charge in [0.1, 0.15) is 11.5 Å². The molecule has 0 unspecified atom stereocenters. The van der Waals surface area contributed by atoms with E-state index in [0.29, 0.717) is 11.5 Å². The number of nitrogens with zero attached hydrogens (tertiary/aromatic N) is 2. The summed E-state index contributed by atoms with van der Waals surface area (Å²) >= 11 is 0. The molecule has 3 N–H and O–H groups in total. The summed E-state index contributed by atoms with van der Waals surface area (Å²) in [5.41, 5.74) is 5.71. The van der Waals surface area contributed by atoms with Crippen LogP contribution < -0.4 is 11.1 Å². The second-order valence-corrected chi connectivity index (χ2v) is 4.17. The van der Waals surface area contributed by atoms with Gasteiger partial charge in [0.05, 0.1) is 12.4 Å². The Hall–Kier alpha value is -1.65. The van der Waals surface area contributed by atoms with Crippen LogP contribution in [0.1, 0.15) is 36.2 Å². The third-order valence-corrected chi connectivity index (χ3v) is 2.97. The highest BCUT2D eigenvalue weighted by Crippen LogP contribution is 2.28. The number of amides is 1. The molecule has 2 rings (SSSR count). The Morgan fingerprint density at radius 2 is 2.25 bits per heavy atom. The highest BCUT2D eigenvalue weighted by atomic mass is 16.1. The van der Waals surface area contributed by atoms with Crippen LogP contribution in [0.25, 0.3) is 0 Å². The fraction of sp³-hybridized carbons (Fsp3) is 0.545. The molecule has 1 heterocycles. The Morgan fingerprint density at radius 3 is 2.81 bits per heavy atom. The van der Waals surface area contributed by atoms with Crippen molar-refractivity contribution in [3.05, 3.63) is 18.1 Å². The van der Waals surface area contributed by atoms with E-state index >= 15 is 0 Å². The van der Waals surface area contributed by atoms with Crippen LogP contribution in [-0.2, 0) is 0 Å². The van der Waals surface area contributed by atoms with Gasteiger partial charge in [0.25, 0.3) is 5.91 Å². The summed E-state index contributed by atoms with van der Waals surface area (Å²) in [5.74, 6) is 0.954. The molecule has 16 heavy (non-hydrogen) atoms. The first kappa shape index (κ1) is 10.9. The number of nitrogens with two attached hydrogens (primary N) is 1. The van der Waals surface area contributed by atoms with Crippen LogP contribution in [-0.4, -0.2) is 22.4 Å². The number of anilines is 1. The van der Waals surface area contributed by atoms with Crippen molar-refractivity contribution in [1.29, 1.82) is 0 Å². The fourth-order valence-corrected chi connectivity index (χ4v) is 1.72. The first-order valence-electron chi connectivity index (χ1n) is 5.61. The van der Waals surface area contributed by atoms with Crippen molar-refractivity contribution in [3.8, 4) is 0 Å². The zero-order valence-electron chi connectivity index (χ0n) is 9.15. The largest absolute Gasteiger partial charge is 0.382 e. The summed E-state index contributed by atoms with van der Waals surface area (Å²) in [6.45, 7) is 0.718. The van der Waals surface area contributed by atoms with Gasteiger partial charge in [0, 0.05) is 6.54 Å². The Morgan fingerprint density at radius 1 is 1.44 bits per heavy atom. The van der Waals surface area contributed by atoms with Gasteiger partial charge in [0.15, 0.2) is 0 Å². The molecular formula is C11H16N4O. The Labute approximate surface area is 94.5 Å². The summed E-state index contributed by atoms with van der Waals surface area (Å²) in [5, 5.41) is 2.84. The van der Waals surface area contributed by atoms with Gasteiger partial charge < -0.3 is 11.1 Å². The molecule has 0 spiro atoms. The number of aromatic nitrogens is 2. The minimum absolute atomic E-state index is 0.174. The van der Waals surface area contributed by atoms with E-state index in [1.54, 1.807) is 0 Å². The lowest BCUT2D eigenvalue weighted by Crippen LogP contribution is -2.28. The van der Waals surface area contributed by atoms with E-state index in [1.165, 1.54) is 31.7 Å². The third kappa shape index (κ3) is 2.68. The molecule has 0 aliphatic heterocycles. The lowest BCUT2D eigenvalue weighted by molar-refractivity contribution is 0.0943. The van der Waals surface area contributed by atoms with Crippen LogP contribution in [0, 0.1) is 5.92 Å². The molecule has 5 nitrogen and oxygen atoms in total. The molecule has 1 amide bonds. The average Bonchev–Trinajstić information content (AvgIpc) is 2.22. The molecule has 1 aromatic heterocycles. The third-order valence-electron chi connectivity index (χ3n) is 2.97. The first-order valence-corrected chi connectivity index (χ1v) is 5.61. The van der Waals surface area contributed by atoms with Gasteiger partial charge in [-0.25, -0.2) is 9.97 Å². The minimum atomic E-state index is -0.174. The van der Waals surface area contributed by atoms with Crippen LogP contribution in [0.15, 0.2) is 12.4 Å². The molecule has 5 heteroatoms. The number of carbonyl (C=O) groups excluding carboxylic acids is 1. The predicted octanol–water partition coefficient (Wildman–Crippen LogP) is 0.979. The predicted molar refractivity (Wildman–Crippen MR) is 60.7 cm³/mol. The first-order chi connectivity index (χ1) is 7.75. The lowest BCUT2D eigenvalue weighted by atomic mass is 9.83. The van der Waals surface area contributed by atoms with Crippen LogP contribution >= 0.6 is 0 Å². The van der Waals surface area contributed by atoms with Crippen molar-refractivity contribution in [1.82, 2.24) is 15.3 Å². The SMILES string of the molecule is Nc1cnc(C(=O)NCCC2CCC2)cn1. The van der Waals surface area contributed by atoms with Gasteiger partial charge in [-0.2, -0.15) is 0 Å². The van der Waals surface area contributed by atoms with E-state index < -0.39 is 0 Å². The van der Waals surface area contributed by atoms with Gasteiger partial charge in [-0.1, -0.05) is 19.3 Å². The number of rotatable bonds is 4. The number of hydrogen-bond acceptors (Lipinski definition) is 4. The van der Waals surface area contributed by atoms with E-state index in [4.69, 9.17) is 5.73 Å². The molecule has 0 aromatic carbocycles. The number of nitrogens with one attached hydrogen (secondary N) is 1. The quantitative estimate of drug-likeness (QED) is 0.792. The number of nitrogen functional groups attached to an aromatic ring is 1. The van der Waals surface area contributed by atoms with Crippen LogP contribution in [0.5, 0.6) is 0 Å². The monoisotopic (exact) mass is 220 g/mol. The smallest absolute Gasteiger partial charge is 0.271 e. The molecule has 0 bridgehead atoms. The highest BCUT2D eigenvalue weighted by molar-refractivity contribution is 5.91. The van der Waals surface area contributed by atoms with Gasteiger partial charge >= 0.3 is 0 Å². The van der Waals surface area contributed by atoms with Crippen LogP contribution in [0.2, 0.25) is 0 Å². The van der Waals surface area contributed by atoms with Gasteiger partial charge in [0.2, 0.25) is 0 Å². The number of hydrogen-bond donors (Lipinski definition) is 2. The Balaban J connectivity index is 1.76. The molecule has 1 aliphatic rings. The van der Waals surface area contributed by atoms with E-state index in [1.807, 2.05) is 0 Å². The maximum atomic E-state index is 11.6. The highest BCUT2D eigenvalue weighted by Gasteiger charge is 2.17. The minimum Gasteiger partial charge on any atom is -0.382 e. The Bertz CT molecular complexity index is 359. The topological polar surface area (TPSA) is 80.9 Å². The van der Waals surface area contributed by atoms with Crippen molar-refractivity contribution < 1.29 is 4.79 Å². The van der Waals surface area contributed by atoms with Crippen molar-refractivity contribution >= 4 is 11.7 Å². The van der Waals surface area contributed by atoms with E-state index in [9.17, 15) is 4.79 Å². The van der Waals surface area contributed by atoms with E-state index in [2.05, 4.69) is 15.3 Å². The number of carbonyl (C=O) groups is 1. The summed E-state index contributed by atoms with van der Waals surface area (Å²) in [4.78, 5) is 19.3. The van der Waals surface area contributed by atoms with Crippen molar-refractivity contribution in [2.75, 3.05) is 12.3 Å². The maximum Gasteiger partial charge on any atom is 0.271 e. The molecule has 0 radical (unpaired) electrons. The summed E-state index contributed by atoms with van der Waals surface area (Å²) in [7, 11) is 0. The second kappa shape index (κ2) is 4.92. The average molecular weight is 220 g/mol. The van der Waals surface area contributed by atoms with E-state index in [0.717, 1.165) is 18.9 Å². The fourth-order valence-electron chi connectivity index (χ4n) is 1.72. The van der Waals surface area contributed by atoms with Gasteiger partial charge in [-0.3, -0.25) is 4.79 Å². The Kier molecular flexibility index (Phi) is 3.34. The van der Waals surface area contributed by atoms with E-state index in [-0.39, 0.29) is 5.91 Å². The summed E-state index contributed by atoms with van der Waals surface area (Å²) in [6.07, 6.45) is 7.79. The molecule has 1 aromatic rings. The molecule has 1 aliphatic carbocycles. The van der Waals surface area contributed by atoms with Crippen molar-refractivity contribution in [3.63, 3.8) is 0 Å². The lowest BCUT2D eigenvalue weighted by Gasteiger charge is -2.25. The zero-order chi connectivity index (χ0) is 11.4. The van der Waals surface area contributed by atoms with Crippen LogP contribution in [0.3, 0.4) is 0 Å². The summed E-state index contributed by atoms with van der Waals surface area (Å²) in [6, 6.07) is 0. The molecule has 1 saturated carbocycles.